The van der Waals surface area contributed by atoms with Crippen LogP contribution in [0.25, 0.3) is 16.3 Å². The van der Waals surface area contributed by atoms with Gasteiger partial charge in [-0.1, -0.05) is 18.2 Å². The third-order valence-corrected chi connectivity index (χ3v) is 7.62. The van der Waals surface area contributed by atoms with Crippen LogP contribution in [0.1, 0.15) is 38.2 Å². The number of allylic oxidation sites excluding steroid dienone is 1. The van der Waals surface area contributed by atoms with Gasteiger partial charge >= 0.3 is 0 Å². The molecule has 1 saturated carbocycles. The molecule has 2 aromatic rings. The molecule has 2 aromatic carbocycles. The lowest BCUT2D eigenvalue weighted by molar-refractivity contribution is -0.165. The summed E-state index contributed by atoms with van der Waals surface area (Å²) in [5.74, 6) is -1.07. The summed E-state index contributed by atoms with van der Waals surface area (Å²) >= 11 is 0. The van der Waals surface area contributed by atoms with Gasteiger partial charge in [-0.2, -0.15) is 5.26 Å². The molecular formula is C28H35N3O5. The standard InChI is InChI=1S/C28H35N3O5/c1-17(18-6-7-20-13-22(9-8-19(20)12-18)31-10-4-3-5-11-31)23(15-29)28(35)30-16-21-14-24(36-2)26(33)27(34)25(21)32/h6-9,12-13,21,24-27,32-34H,3-5,10-11,14,16H2,1-2H3,(H,30,35)/b23-17+/t21?,24-,25+,26-,27-/m0/s1. The molecule has 1 saturated heterocycles. The zero-order chi connectivity index (χ0) is 25.8. The maximum atomic E-state index is 12.9. The van der Waals surface area contributed by atoms with E-state index in [1.165, 1.54) is 32.1 Å². The molecule has 0 spiro atoms. The SMILES string of the molecule is CO[C@H]1CC(CNC(=O)/C(C#N)=C(\C)c2ccc3cc(N4CCCCC4)ccc3c2)[C@@H](O)[C@H](O)[C@H]1O. The number of fused-ring (bicyclic) bond motifs is 1. The van der Waals surface area contributed by atoms with Crippen molar-refractivity contribution in [2.24, 2.45) is 5.92 Å². The predicted octanol–water partition coefficient (Wildman–Crippen LogP) is 2.36. The van der Waals surface area contributed by atoms with Crippen molar-refractivity contribution in [3.8, 4) is 6.07 Å². The van der Waals surface area contributed by atoms with Crippen LogP contribution in [0.5, 0.6) is 0 Å². The third kappa shape index (κ3) is 5.40. The zero-order valence-corrected chi connectivity index (χ0v) is 20.9. The van der Waals surface area contributed by atoms with Crippen LogP contribution in [-0.4, -0.2) is 72.4 Å². The number of hydrogen-bond acceptors (Lipinski definition) is 7. The van der Waals surface area contributed by atoms with E-state index in [9.17, 15) is 25.4 Å². The summed E-state index contributed by atoms with van der Waals surface area (Å²) in [5, 5.41) is 45.0. The van der Waals surface area contributed by atoms with Crippen molar-refractivity contribution in [2.75, 3.05) is 31.6 Å². The van der Waals surface area contributed by atoms with E-state index in [0.717, 1.165) is 29.4 Å². The number of carbonyl (C=O) groups excluding carboxylic acids is 1. The molecule has 36 heavy (non-hydrogen) atoms. The Kier molecular flexibility index (Phi) is 8.27. The van der Waals surface area contributed by atoms with E-state index in [1.54, 1.807) is 6.92 Å². The van der Waals surface area contributed by atoms with Gasteiger partial charge in [0.1, 0.15) is 23.9 Å². The lowest BCUT2D eigenvalue weighted by Crippen LogP contribution is -2.56. The lowest BCUT2D eigenvalue weighted by Gasteiger charge is -2.39. The number of ether oxygens (including phenoxy) is 1. The second kappa shape index (κ2) is 11.4. The molecule has 2 aliphatic rings. The molecular weight excluding hydrogens is 458 g/mol. The van der Waals surface area contributed by atoms with Crippen LogP contribution in [0.4, 0.5) is 5.69 Å². The summed E-state index contributed by atoms with van der Waals surface area (Å²) in [4.78, 5) is 15.3. The number of aliphatic hydroxyl groups is 3. The number of methoxy groups -OCH3 is 1. The summed E-state index contributed by atoms with van der Waals surface area (Å²) in [5.41, 5.74) is 2.56. The molecule has 0 bridgehead atoms. The normalized spacial score (nSPS) is 27.3. The molecule has 0 aromatic heterocycles. The number of aliphatic hydroxyl groups excluding tert-OH is 3. The first-order valence-electron chi connectivity index (χ1n) is 12.6. The first-order valence-corrected chi connectivity index (χ1v) is 12.6. The highest BCUT2D eigenvalue weighted by Gasteiger charge is 2.42. The Morgan fingerprint density at radius 2 is 1.75 bits per heavy atom. The fourth-order valence-electron chi connectivity index (χ4n) is 5.29. The molecule has 8 nitrogen and oxygen atoms in total. The van der Waals surface area contributed by atoms with Gasteiger partial charge in [0.05, 0.1) is 12.2 Å². The molecule has 8 heteroatoms. The Balaban J connectivity index is 1.49. The van der Waals surface area contributed by atoms with Gasteiger partial charge in [0.15, 0.2) is 0 Å². The highest BCUT2D eigenvalue weighted by molar-refractivity contribution is 6.05. The van der Waals surface area contributed by atoms with Gasteiger partial charge in [-0.05, 0) is 72.7 Å². The number of nitrogens with zero attached hydrogens (tertiary/aromatic N) is 2. The molecule has 1 aliphatic carbocycles. The summed E-state index contributed by atoms with van der Waals surface area (Å²) in [6.45, 7) is 3.95. The van der Waals surface area contributed by atoms with Crippen LogP contribution in [-0.2, 0) is 9.53 Å². The summed E-state index contributed by atoms with van der Waals surface area (Å²) < 4.78 is 5.20. The van der Waals surface area contributed by atoms with Gasteiger partial charge in [-0.3, -0.25) is 4.79 Å². The minimum atomic E-state index is -1.37. The Labute approximate surface area is 211 Å². The van der Waals surface area contributed by atoms with Crippen molar-refractivity contribution in [2.45, 2.75) is 57.0 Å². The fraction of sp³-hybridized carbons (Fsp3) is 0.500. The number of hydrogen-bond donors (Lipinski definition) is 4. The maximum absolute atomic E-state index is 12.9. The smallest absolute Gasteiger partial charge is 0.262 e. The molecule has 5 atom stereocenters. The van der Waals surface area contributed by atoms with E-state index in [2.05, 4.69) is 28.4 Å². The Morgan fingerprint density at radius 1 is 1.06 bits per heavy atom. The van der Waals surface area contributed by atoms with Crippen LogP contribution >= 0.6 is 0 Å². The summed E-state index contributed by atoms with van der Waals surface area (Å²) in [6.07, 6.45) is -0.434. The van der Waals surface area contributed by atoms with E-state index >= 15 is 0 Å². The summed E-state index contributed by atoms with van der Waals surface area (Å²) in [7, 11) is 1.42. The number of amides is 1. The molecule has 192 valence electrons. The van der Waals surface area contributed by atoms with Crippen molar-refractivity contribution < 1.29 is 24.9 Å². The van der Waals surface area contributed by atoms with Crippen LogP contribution in [0, 0.1) is 17.2 Å². The minimum absolute atomic E-state index is 0.00605. The zero-order valence-electron chi connectivity index (χ0n) is 20.9. The van der Waals surface area contributed by atoms with Crippen molar-refractivity contribution in [1.82, 2.24) is 5.32 Å². The molecule has 1 aliphatic heterocycles. The Morgan fingerprint density at radius 3 is 2.44 bits per heavy atom. The number of rotatable bonds is 6. The predicted molar refractivity (Wildman–Crippen MR) is 138 cm³/mol. The Hall–Kier alpha value is -2.96. The van der Waals surface area contributed by atoms with E-state index in [0.29, 0.717) is 5.57 Å². The average Bonchev–Trinajstić information content (AvgIpc) is 2.91. The number of nitriles is 1. The number of carbonyl (C=O) groups is 1. The molecule has 1 amide bonds. The first-order chi connectivity index (χ1) is 17.3. The largest absolute Gasteiger partial charge is 0.390 e. The second-order valence-electron chi connectivity index (χ2n) is 9.86. The second-order valence-corrected chi connectivity index (χ2v) is 9.86. The topological polar surface area (TPSA) is 126 Å². The fourth-order valence-corrected chi connectivity index (χ4v) is 5.29. The number of benzene rings is 2. The summed E-state index contributed by atoms with van der Waals surface area (Å²) in [6, 6.07) is 14.3. The maximum Gasteiger partial charge on any atom is 0.262 e. The lowest BCUT2D eigenvalue weighted by atomic mass is 9.80. The van der Waals surface area contributed by atoms with Crippen LogP contribution in [0.3, 0.4) is 0 Å². The van der Waals surface area contributed by atoms with E-state index in [4.69, 9.17) is 4.74 Å². The van der Waals surface area contributed by atoms with Gasteiger partial charge in [-0.25, -0.2) is 0 Å². The minimum Gasteiger partial charge on any atom is -0.390 e. The Bertz CT molecular complexity index is 1170. The molecule has 0 radical (unpaired) electrons. The number of piperidine rings is 1. The van der Waals surface area contributed by atoms with Gasteiger partial charge in [0.25, 0.3) is 5.91 Å². The molecule has 1 unspecified atom stereocenters. The van der Waals surface area contributed by atoms with Gasteiger partial charge in [-0.15, -0.1) is 0 Å². The first kappa shape index (κ1) is 26.1. The monoisotopic (exact) mass is 493 g/mol. The van der Waals surface area contributed by atoms with Crippen LogP contribution < -0.4 is 10.2 Å². The third-order valence-electron chi connectivity index (χ3n) is 7.62. The van der Waals surface area contributed by atoms with Gasteiger partial charge in [0.2, 0.25) is 0 Å². The quantitative estimate of drug-likeness (QED) is 0.360. The van der Waals surface area contributed by atoms with Gasteiger partial charge < -0.3 is 30.3 Å². The van der Waals surface area contributed by atoms with Crippen LogP contribution in [0.2, 0.25) is 0 Å². The van der Waals surface area contributed by atoms with Gasteiger partial charge in [0, 0.05) is 38.3 Å². The van der Waals surface area contributed by atoms with E-state index in [-0.39, 0.29) is 18.5 Å². The highest BCUT2D eigenvalue weighted by Crippen LogP contribution is 2.29. The van der Waals surface area contributed by atoms with Crippen LogP contribution in [0.15, 0.2) is 42.0 Å². The van der Waals surface area contributed by atoms with E-state index < -0.39 is 36.2 Å². The number of nitrogens with one attached hydrogen (secondary N) is 1. The average molecular weight is 494 g/mol. The van der Waals surface area contributed by atoms with Crippen molar-refractivity contribution in [1.29, 1.82) is 5.26 Å². The van der Waals surface area contributed by atoms with Crippen molar-refractivity contribution in [3.63, 3.8) is 0 Å². The highest BCUT2D eigenvalue weighted by atomic mass is 16.5. The molecule has 4 rings (SSSR count). The molecule has 4 N–H and O–H groups in total. The van der Waals surface area contributed by atoms with Crippen molar-refractivity contribution in [3.05, 3.63) is 47.5 Å². The molecule has 2 fully saturated rings. The van der Waals surface area contributed by atoms with Crippen molar-refractivity contribution >= 4 is 27.9 Å². The number of anilines is 1. The molecule has 1 heterocycles. The van der Waals surface area contributed by atoms with E-state index in [1.807, 2.05) is 24.3 Å².